The van der Waals surface area contributed by atoms with Crippen LogP contribution in [0.15, 0.2) is 0 Å². The minimum absolute atomic E-state index is 0.00958. The van der Waals surface area contributed by atoms with Crippen molar-refractivity contribution in [3.8, 4) is 0 Å². The molecule has 0 spiro atoms. The van der Waals surface area contributed by atoms with Crippen LogP contribution >= 0.6 is 0 Å². The van der Waals surface area contributed by atoms with Gasteiger partial charge in [-0.05, 0) is 38.0 Å². The smallest absolute Gasteiger partial charge is 0.224 e. The molecule has 0 aliphatic heterocycles. The third-order valence-corrected chi connectivity index (χ3v) is 4.70. The molecule has 5 unspecified atom stereocenters. The normalized spacial score (nSPS) is 40.7. The Kier molecular flexibility index (Phi) is 4.62. The lowest BCUT2D eigenvalue weighted by atomic mass is 9.77. The van der Waals surface area contributed by atoms with Crippen molar-refractivity contribution in [2.24, 2.45) is 17.6 Å². The van der Waals surface area contributed by atoms with E-state index in [2.05, 4.69) is 12.2 Å². The van der Waals surface area contributed by atoms with Crippen LogP contribution < -0.4 is 11.1 Å². The van der Waals surface area contributed by atoms with Crippen molar-refractivity contribution < 1.29 is 9.53 Å². The van der Waals surface area contributed by atoms with Crippen LogP contribution in [0.5, 0.6) is 0 Å². The van der Waals surface area contributed by atoms with Crippen molar-refractivity contribution in [2.45, 2.75) is 63.6 Å². The van der Waals surface area contributed by atoms with E-state index in [-0.39, 0.29) is 23.9 Å². The molecule has 3 N–H and O–H groups in total. The highest BCUT2D eigenvalue weighted by molar-refractivity contribution is 5.79. The maximum Gasteiger partial charge on any atom is 0.224 e. The van der Waals surface area contributed by atoms with E-state index in [1.165, 1.54) is 0 Å². The van der Waals surface area contributed by atoms with Gasteiger partial charge >= 0.3 is 0 Å². The summed E-state index contributed by atoms with van der Waals surface area (Å²) in [6.45, 7) is 2.15. The highest BCUT2D eigenvalue weighted by Gasteiger charge is 2.34. The lowest BCUT2D eigenvalue weighted by molar-refractivity contribution is -0.127. The van der Waals surface area contributed by atoms with E-state index < -0.39 is 0 Å². The van der Waals surface area contributed by atoms with Gasteiger partial charge in [0.1, 0.15) is 0 Å². The van der Waals surface area contributed by atoms with E-state index in [1.54, 1.807) is 7.11 Å². The first-order chi connectivity index (χ1) is 8.61. The second-order valence-electron chi connectivity index (χ2n) is 5.97. The summed E-state index contributed by atoms with van der Waals surface area (Å²) in [6, 6.07) is 0.310. The molecule has 2 saturated carbocycles. The van der Waals surface area contributed by atoms with Crippen LogP contribution in [0, 0.1) is 11.8 Å². The van der Waals surface area contributed by atoms with Crippen LogP contribution in [0.1, 0.15) is 45.4 Å². The number of hydrogen-bond donors (Lipinski definition) is 2. The summed E-state index contributed by atoms with van der Waals surface area (Å²) in [5.74, 6) is 0.635. The molecule has 4 nitrogen and oxygen atoms in total. The van der Waals surface area contributed by atoms with E-state index in [0.29, 0.717) is 12.0 Å². The number of nitrogens with two attached hydrogens (primary N) is 1. The molecule has 2 aliphatic carbocycles. The maximum absolute atomic E-state index is 12.3. The summed E-state index contributed by atoms with van der Waals surface area (Å²) in [6.07, 6.45) is 6.56. The number of amides is 1. The minimum atomic E-state index is 0.00958. The SMILES string of the molecule is COC1CCC(NC(=O)C2CCCC(C)C2N)C1. The number of rotatable bonds is 3. The third-order valence-electron chi connectivity index (χ3n) is 4.70. The van der Waals surface area contributed by atoms with Crippen molar-refractivity contribution in [3.63, 3.8) is 0 Å². The first-order valence-electron chi connectivity index (χ1n) is 7.20. The lowest BCUT2D eigenvalue weighted by Crippen LogP contribution is -2.49. The van der Waals surface area contributed by atoms with Gasteiger partial charge in [-0.15, -0.1) is 0 Å². The predicted octanol–water partition coefficient (Wildman–Crippen LogP) is 1.43. The maximum atomic E-state index is 12.3. The Bertz CT molecular complexity index is 296. The molecular formula is C14H26N2O2. The van der Waals surface area contributed by atoms with Crippen molar-refractivity contribution in [2.75, 3.05) is 7.11 Å². The molecule has 2 rings (SSSR count). The van der Waals surface area contributed by atoms with Crippen molar-refractivity contribution in [1.29, 1.82) is 0 Å². The van der Waals surface area contributed by atoms with Crippen LogP contribution in [-0.4, -0.2) is 31.2 Å². The van der Waals surface area contributed by atoms with Gasteiger partial charge in [0, 0.05) is 19.2 Å². The summed E-state index contributed by atoms with van der Waals surface area (Å²) in [7, 11) is 1.74. The molecule has 2 fully saturated rings. The second kappa shape index (κ2) is 6.02. The Morgan fingerprint density at radius 1 is 1.28 bits per heavy atom. The number of ether oxygens (including phenoxy) is 1. The van der Waals surface area contributed by atoms with E-state index in [0.717, 1.165) is 38.5 Å². The van der Waals surface area contributed by atoms with Crippen molar-refractivity contribution in [3.05, 3.63) is 0 Å². The van der Waals surface area contributed by atoms with Gasteiger partial charge in [-0.3, -0.25) is 4.79 Å². The summed E-state index contributed by atoms with van der Waals surface area (Å²) < 4.78 is 5.33. The van der Waals surface area contributed by atoms with Gasteiger partial charge in [-0.25, -0.2) is 0 Å². The number of methoxy groups -OCH3 is 1. The van der Waals surface area contributed by atoms with Crippen molar-refractivity contribution >= 4 is 5.91 Å². The van der Waals surface area contributed by atoms with E-state index >= 15 is 0 Å². The molecule has 0 aromatic heterocycles. The van der Waals surface area contributed by atoms with Gasteiger partial charge in [-0.1, -0.05) is 13.3 Å². The standard InChI is InChI=1S/C14H26N2O2/c1-9-4-3-5-12(13(9)15)14(17)16-10-6-7-11(8-10)18-2/h9-13H,3-8,15H2,1-2H3,(H,16,17). The monoisotopic (exact) mass is 254 g/mol. The average Bonchev–Trinajstić information content (AvgIpc) is 2.80. The molecule has 0 heterocycles. The molecule has 2 aliphatic rings. The number of carbonyl (C=O) groups is 1. The number of nitrogens with one attached hydrogen (secondary N) is 1. The molecule has 5 atom stereocenters. The summed E-state index contributed by atoms with van der Waals surface area (Å²) in [5, 5.41) is 3.16. The van der Waals surface area contributed by atoms with Crippen LogP contribution in [0.25, 0.3) is 0 Å². The summed E-state index contributed by atoms with van der Waals surface area (Å²) in [4.78, 5) is 12.3. The fraction of sp³-hybridized carbons (Fsp3) is 0.929. The van der Waals surface area contributed by atoms with Gasteiger partial charge in [0.05, 0.1) is 12.0 Å². The van der Waals surface area contributed by atoms with Gasteiger partial charge in [0.25, 0.3) is 0 Å². The van der Waals surface area contributed by atoms with Crippen LogP contribution in [-0.2, 0) is 9.53 Å². The van der Waals surface area contributed by atoms with Gasteiger partial charge in [0.2, 0.25) is 5.91 Å². The van der Waals surface area contributed by atoms with Crippen LogP contribution in [0.4, 0.5) is 0 Å². The Hall–Kier alpha value is -0.610. The molecule has 4 heteroatoms. The van der Waals surface area contributed by atoms with Gasteiger partial charge in [0.15, 0.2) is 0 Å². The molecule has 104 valence electrons. The first-order valence-corrected chi connectivity index (χ1v) is 7.20. The quantitative estimate of drug-likeness (QED) is 0.801. The molecule has 0 bridgehead atoms. The Balaban J connectivity index is 1.84. The average molecular weight is 254 g/mol. The zero-order chi connectivity index (χ0) is 13.1. The molecule has 0 saturated heterocycles. The topological polar surface area (TPSA) is 64.3 Å². The molecule has 1 amide bonds. The second-order valence-corrected chi connectivity index (χ2v) is 5.97. The summed E-state index contributed by atoms with van der Waals surface area (Å²) >= 11 is 0. The first kappa shape index (κ1) is 13.8. The number of hydrogen-bond acceptors (Lipinski definition) is 3. The van der Waals surface area contributed by atoms with E-state index in [9.17, 15) is 4.79 Å². The van der Waals surface area contributed by atoms with Crippen LogP contribution in [0.2, 0.25) is 0 Å². The highest BCUT2D eigenvalue weighted by atomic mass is 16.5. The fourth-order valence-electron chi connectivity index (χ4n) is 3.34. The zero-order valence-electron chi connectivity index (χ0n) is 11.5. The fourth-order valence-corrected chi connectivity index (χ4v) is 3.34. The van der Waals surface area contributed by atoms with Gasteiger partial charge < -0.3 is 15.8 Å². The third kappa shape index (κ3) is 3.04. The molecule has 18 heavy (non-hydrogen) atoms. The molecule has 0 radical (unpaired) electrons. The molecular weight excluding hydrogens is 228 g/mol. The highest BCUT2D eigenvalue weighted by Crippen LogP contribution is 2.29. The van der Waals surface area contributed by atoms with E-state index in [4.69, 9.17) is 10.5 Å². The molecule has 0 aromatic carbocycles. The van der Waals surface area contributed by atoms with Gasteiger partial charge in [-0.2, -0.15) is 0 Å². The predicted molar refractivity (Wildman–Crippen MR) is 71.1 cm³/mol. The zero-order valence-corrected chi connectivity index (χ0v) is 11.5. The minimum Gasteiger partial charge on any atom is -0.381 e. The Morgan fingerprint density at radius 2 is 2.06 bits per heavy atom. The molecule has 0 aromatic rings. The Labute approximate surface area is 110 Å². The summed E-state index contributed by atoms with van der Waals surface area (Å²) in [5.41, 5.74) is 6.17. The lowest BCUT2D eigenvalue weighted by Gasteiger charge is -2.33. The largest absolute Gasteiger partial charge is 0.381 e. The van der Waals surface area contributed by atoms with Crippen LogP contribution in [0.3, 0.4) is 0 Å². The van der Waals surface area contributed by atoms with E-state index in [1.807, 2.05) is 0 Å². The number of carbonyl (C=O) groups excluding carboxylic acids is 1. The Morgan fingerprint density at radius 3 is 2.72 bits per heavy atom. The van der Waals surface area contributed by atoms with Crippen molar-refractivity contribution in [1.82, 2.24) is 5.32 Å².